The first-order valence-corrected chi connectivity index (χ1v) is 7.24. The normalized spacial score (nSPS) is 35.0. The van der Waals surface area contributed by atoms with E-state index in [1.54, 1.807) is 11.8 Å². The number of amides is 2. The number of piperidine rings is 1. The van der Waals surface area contributed by atoms with Crippen LogP contribution >= 0.6 is 0 Å². The van der Waals surface area contributed by atoms with Gasteiger partial charge >= 0.3 is 12.0 Å². The van der Waals surface area contributed by atoms with Gasteiger partial charge in [0.2, 0.25) is 0 Å². The molecule has 0 aliphatic carbocycles. The maximum absolute atomic E-state index is 12.6. The summed E-state index contributed by atoms with van der Waals surface area (Å²) in [5, 5.41) is 9.33. The van der Waals surface area contributed by atoms with Gasteiger partial charge in [-0.25, -0.2) is 4.79 Å². The summed E-state index contributed by atoms with van der Waals surface area (Å²) in [5.41, 5.74) is -0.824. The molecule has 2 amide bonds. The molecule has 114 valence electrons. The SMILES string of the molecule is CC1CN(C(=O)N2CCCC(C)(C(=O)O)C2)C(C)CO1. The van der Waals surface area contributed by atoms with Crippen LogP contribution < -0.4 is 0 Å². The van der Waals surface area contributed by atoms with Crippen molar-refractivity contribution in [1.82, 2.24) is 9.80 Å². The predicted molar refractivity (Wildman–Crippen MR) is 73.5 cm³/mol. The van der Waals surface area contributed by atoms with E-state index in [1.165, 1.54) is 0 Å². The number of likely N-dealkylation sites (tertiary alicyclic amines) is 1. The zero-order valence-electron chi connectivity index (χ0n) is 12.5. The first-order valence-electron chi connectivity index (χ1n) is 7.24. The number of carbonyl (C=O) groups is 2. The Morgan fingerprint density at radius 3 is 2.70 bits per heavy atom. The van der Waals surface area contributed by atoms with E-state index < -0.39 is 11.4 Å². The number of morpholine rings is 1. The molecule has 2 rings (SSSR count). The summed E-state index contributed by atoms with van der Waals surface area (Å²) >= 11 is 0. The maximum atomic E-state index is 12.6. The summed E-state index contributed by atoms with van der Waals surface area (Å²) < 4.78 is 5.53. The van der Waals surface area contributed by atoms with Gasteiger partial charge in [-0.05, 0) is 33.6 Å². The number of hydrogen-bond donors (Lipinski definition) is 1. The Balaban J connectivity index is 2.06. The average Bonchev–Trinajstić information content (AvgIpc) is 2.40. The molecule has 2 aliphatic heterocycles. The van der Waals surface area contributed by atoms with Gasteiger partial charge in [0.25, 0.3) is 0 Å². The van der Waals surface area contributed by atoms with Crippen molar-refractivity contribution in [3.05, 3.63) is 0 Å². The quantitative estimate of drug-likeness (QED) is 0.790. The van der Waals surface area contributed by atoms with Gasteiger partial charge in [0.1, 0.15) is 0 Å². The molecule has 0 aromatic carbocycles. The zero-order valence-corrected chi connectivity index (χ0v) is 12.5. The molecule has 2 fully saturated rings. The van der Waals surface area contributed by atoms with Gasteiger partial charge in [0, 0.05) is 19.6 Å². The van der Waals surface area contributed by atoms with Crippen molar-refractivity contribution in [2.24, 2.45) is 5.41 Å². The third-order valence-electron chi connectivity index (χ3n) is 4.34. The lowest BCUT2D eigenvalue weighted by Gasteiger charge is -2.43. The number of hydrogen-bond acceptors (Lipinski definition) is 3. The highest BCUT2D eigenvalue weighted by Crippen LogP contribution is 2.30. The van der Waals surface area contributed by atoms with Crippen molar-refractivity contribution in [2.75, 3.05) is 26.2 Å². The van der Waals surface area contributed by atoms with Crippen molar-refractivity contribution in [1.29, 1.82) is 0 Å². The number of urea groups is 1. The second-order valence-corrected chi connectivity index (χ2v) is 6.32. The Bertz CT molecular complexity index is 401. The summed E-state index contributed by atoms with van der Waals surface area (Å²) in [6, 6.07) is -0.0171. The fourth-order valence-corrected chi connectivity index (χ4v) is 2.93. The number of nitrogens with zero attached hydrogens (tertiary/aromatic N) is 2. The van der Waals surface area contributed by atoms with Crippen molar-refractivity contribution in [3.8, 4) is 0 Å². The van der Waals surface area contributed by atoms with Crippen LogP contribution in [0.5, 0.6) is 0 Å². The number of aliphatic carboxylic acids is 1. The molecule has 2 heterocycles. The van der Waals surface area contributed by atoms with Crippen molar-refractivity contribution in [2.45, 2.75) is 45.8 Å². The second kappa shape index (κ2) is 5.60. The molecule has 3 atom stereocenters. The van der Waals surface area contributed by atoms with E-state index in [-0.39, 0.29) is 18.2 Å². The highest BCUT2D eigenvalue weighted by atomic mass is 16.5. The Hall–Kier alpha value is -1.30. The van der Waals surface area contributed by atoms with Crippen LogP contribution in [-0.4, -0.2) is 65.3 Å². The zero-order chi connectivity index (χ0) is 14.9. The fraction of sp³-hybridized carbons (Fsp3) is 0.857. The molecule has 0 aromatic heterocycles. The highest BCUT2D eigenvalue weighted by molar-refractivity contribution is 5.78. The maximum Gasteiger partial charge on any atom is 0.320 e. The van der Waals surface area contributed by atoms with E-state index in [0.29, 0.717) is 32.7 Å². The van der Waals surface area contributed by atoms with Gasteiger partial charge < -0.3 is 19.6 Å². The smallest absolute Gasteiger partial charge is 0.320 e. The summed E-state index contributed by atoms with van der Waals surface area (Å²) in [6.45, 7) is 7.67. The van der Waals surface area contributed by atoms with Gasteiger partial charge in [0.15, 0.2) is 0 Å². The third kappa shape index (κ3) is 2.90. The standard InChI is InChI=1S/C14H24N2O4/c1-10-8-20-11(2)7-16(10)13(19)15-6-4-5-14(3,9-15)12(17)18/h10-11H,4-9H2,1-3H3,(H,17,18). The molecular weight excluding hydrogens is 260 g/mol. The minimum absolute atomic E-state index is 0.0331. The number of carboxylic acids is 1. The lowest BCUT2D eigenvalue weighted by molar-refractivity contribution is -0.150. The summed E-state index contributed by atoms with van der Waals surface area (Å²) in [7, 11) is 0. The Morgan fingerprint density at radius 2 is 2.05 bits per heavy atom. The first-order chi connectivity index (χ1) is 9.33. The lowest BCUT2D eigenvalue weighted by Crippen LogP contribution is -2.58. The molecule has 6 nitrogen and oxygen atoms in total. The highest BCUT2D eigenvalue weighted by Gasteiger charge is 2.41. The number of carbonyl (C=O) groups excluding carboxylic acids is 1. The molecule has 0 aromatic rings. The molecule has 0 bridgehead atoms. The second-order valence-electron chi connectivity index (χ2n) is 6.32. The molecule has 2 saturated heterocycles. The molecule has 6 heteroatoms. The van der Waals surface area contributed by atoms with Crippen molar-refractivity contribution < 1.29 is 19.4 Å². The Morgan fingerprint density at radius 1 is 1.35 bits per heavy atom. The van der Waals surface area contributed by atoms with E-state index >= 15 is 0 Å². The van der Waals surface area contributed by atoms with Crippen molar-refractivity contribution in [3.63, 3.8) is 0 Å². The molecule has 2 aliphatic rings. The molecular formula is C14H24N2O4. The van der Waals surface area contributed by atoms with Crippen LogP contribution in [0.25, 0.3) is 0 Å². The molecule has 0 radical (unpaired) electrons. The fourth-order valence-electron chi connectivity index (χ4n) is 2.93. The van der Waals surface area contributed by atoms with Crippen LogP contribution in [0.15, 0.2) is 0 Å². The Kier molecular flexibility index (Phi) is 4.22. The summed E-state index contributed by atoms with van der Waals surface area (Å²) in [4.78, 5) is 27.5. The topological polar surface area (TPSA) is 70.1 Å². The molecule has 20 heavy (non-hydrogen) atoms. The van der Waals surface area contributed by atoms with Crippen molar-refractivity contribution >= 4 is 12.0 Å². The lowest BCUT2D eigenvalue weighted by atomic mass is 9.82. The predicted octanol–water partition coefficient (Wildman–Crippen LogP) is 1.40. The van der Waals surface area contributed by atoms with Gasteiger partial charge in [-0.15, -0.1) is 0 Å². The molecule has 1 N–H and O–H groups in total. The van der Waals surface area contributed by atoms with E-state index in [1.807, 2.05) is 18.7 Å². The average molecular weight is 284 g/mol. The van der Waals surface area contributed by atoms with Gasteiger partial charge in [-0.1, -0.05) is 0 Å². The van der Waals surface area contributed by atoms with E-state index in [0.717, 1.165) is 6.42 Å². The number of carboxylic acid groups (broad SMARTS) is 1. The summed E-state index contributed by atoms with van der Waals surface area (Å²) in [6.07, 6.45) is 1.40. The van der Waals surface area contributed by atoms with Crippen LogP contribution in [0, 0.1) is 5.41 Å². The van der Waals surface area contributed by atoms with E-state index in [2.05, 4.69) is 0 Å². The molecule has 0 saturated carbocycles. The third-order valence-corrected chi connectivity index (χ3v) is 4.34. The largest absolute Gasteiger partial charge is 0.481 e. The van der Waals surface area contributed by atoms with Gasteiger partial charge in [-0.3, -0.25) is 4.79 Å². The number of ether oxygens (including phenoxy) is 1. The van der Waals surface area contributed by atoms with Crippen LogP contribution in [0.3, 0.4) is 0 Å². The van der Waals surface area contributed by atoms with Crippen LogP contribution in [0.1, 0.15) is 33.6 Å². The van der Waals surface area contributed by atoms with Crippen LogP contribution in [0.2, 0.25) is 0 Å². The molecule has 3 unspecified atom stereocenters. The van der Waals surface area contributed by atoms with Gasteiger partial charge in [-0.2, -0.15) is 0 Å². The van der Waals surface area contributed by atoms with E-state index in [9.17, 15) is 14.7 Å². The summed E-state index contributed by atoms with van der Waals surface area (Å²) in [5.74, 6) is -0.821. The monoisotopic (exact) mass is 284 g/mol. The van der Waals surface area contributed by atoms with Crippen LogP contribution in [-0.2, 0) is 9.53 Å². The minimum Gasteiger partial charge on any atom is -0.481 e. The Labute approximate surface area is 119 Å². The van der Waals surface area contributed by atoms with E-state index in [4.69, 9.17) is 4.74 Å². The minimum atomic E-state index is -0.824. The van der Waals surface area contributed by atoms with Crippen LogP contribution in [0.4, 0.5) is 4.79 Å². The van der Waals surface area contributed by atoms with Gasteiger partial charge in [0.05, 0.1) is 24.2 Å². The number of rotatable bonds is 1. The molecule has 0 spiro atoms. The first kappa shape index (κ1) is 15.1.